The monoisotopic (exact) mass is 449 g/mol. The van der Waals surface area contributed by atoms with Crippen LogP contribution < -0.4 is 0 Å². The first-order valence-corrected chi connectivity index (χ1v) is 13.6. The molecule has 0 saturated carbocycles. The average Bonchev–Trinajstić information content (AvgIpc) is 3.02. The van der Waals surface area contributed by atoms with Crippen molar-refractivity contribution in [3.8, 4) is 28.4 Å². The molecule has 166 valence electrons. The Morgan fingerprint density at radius 3 is 2.23 bits per heavy atom. The van der Waals surface area contributed by atoms with Gasteiger partial charge in [0.15, 0.2) is 0 Å². The summed E-state index contributed by atoms with van der Waals surface area (Å²) >= 11 is 0. The second kappa shape index (κ2) is 8.84. The van der Waals surface area contributed by atoms with Crippen LogP contribution in [0.5, 0.6) is 5.75 Å². The van der Waals surface area contributed by atoms with Gasteiger partial charge in [0.2, 0.25) is 0 Å². The molecule has 2 aromatic heterocycles. The van der Waals surface area contributed by atoms with Crippen LogP contribution in [0.3, 0.4) is 0 Å². The van der Waals surface area contributed by atoms with E-state index in [-0.39, 0.29) is 24.0 Å². The van der Waals surface area contributed by atoms with Crippen molar-refractivity contribution < 1.29 is 23.0 Å². The quantitative estimate of drug-likeness (QED) is 0.357. The number of hydrogen-bond donors (Lipinski definition) is 1. The van der Waals surface area contributed by atoms with E-state index in [1.54, 1.807) is 36.4 Å². The topological polar surface area (TPSA) is 60.2 Å². The summed E-state index contributed by atoms with van der Waals surface area (Å²) in [4.78, 5) is 8.56. The zero-order chi connectivity index (χ0) is 22.8. The van der Waals surface area contributed by atoms with Crippen molar-refractivity contribution in [2.75, 3.05) is 6.61 Å². The van der Waals surface area contributed by atoms with Crippen LogP contribution in [0.25, 0.3) is 22.6 Å². The number of aromatic hydroxyl groups is 1. The zero-order valence-electron chi connectivity index (χ0n) is 18.0. The van der Waals surface area contributed by atoms with Crippen molar-refractivity contribution >= 4 is 8.07 Å². The van der Waals surface area contributed by atoms with Crippen LogP contribution in [0.4, 0.5) is 13.2 Å². The third-order valence-corrected chi connectivity index (χ3v) is 6.52. The van der Waals surface area contributed by atoms with E-state index in [1.165, 1.54) is 13.1 Å². The SMILES string of the molecule is Cc1nc(-c2ccc(-c3ccc(O)cc3)nc2)n(COCC[Si](C)(C)C)c1C(F)(F)F. The van der Waals surface area contributed by atoms with Gasteiger partial charge in [0.05, 0.1) is 11.4 Å². The highest BCUT2D eigenvalue weighted by atomic mass is 28.3. The molecular weight excluding hydrogens is 423 g/mol. The van der Waals surface area contributed by atoms with E-state index in [9.17, 15) is 18.3 Å². The largest absolute Gasteiger partial charge is 0.508 e. The summed E-state index contributed by atoms with van der Waals surface area (Å²) in [6, 6.07) is 10.8. The van der Waals surface area contributed by atoms with Gasteiger partial charge in [0, 0.05) is 32.0 Å². The number of aromatic nitrogens is 3. The number of pyridine rings is 1. The van der Waals surface area contributed by atoms with Crippen molar-refractivity contribution in [1.29, 1.82) is 0 Å². The maximum Gasteiger partial charge on any atom is 0.433 e. The lowest BCUT2D eigenvalue weighted by Gasteiger charge is -2.18. The van der Waals surface area contributed by atoms with Crippen LogP contribution in [0.2, 0.25) is 25.7 Å². The predicted octanol–water partition coefficient (Wildman–Crippen LogP) is 5.96. The van der Waals surface area contributed by atoms with Crippen molar-refractivity contribution in [2.45, 2.75) is 45.5 Å². The predicted molar refractivity (Wildman–Crippen MR) is 116 cm³/mol. The number of halogens is 3. The molecular formula is C22H26F3N3O2Si. The number of hydrogen-bond acceptors (Lipinski definition) is 4. The Hall–Kier alpha value is -2.65. The molecule has 1 N–H and O–H groups in total. The maximum absolute atomic E-state index is 13.7. The summed E-state index contributed by atoms with van der Waals surface area (Å²) < 4.78 is 47.8. The molecule has 0 unspecified atom stereocenters. The number of aryl methyl sites for hydroxylation is 1. The van der Waals surface area contributed by atoms with Crippen LogP contribution in [0.1, 0.15) is 11.4 Å². The summed E-state index contributed by atoms with van der Waals surface area (Å²) in [6.07, 6.45) is -3.04. The molecule has 3 rings (SSSR count). The zero-order valence-corrected chi connectivity index (χ0v) is 19.0. The number of alkyl halides is 3. The number of benzene rings is 1. The maximum atomic E-state index is 13.7. The first kappa shape index (κ1) is 23.0. The van der Waals surface area contributed by atoms with Crippen LogP contribution in [0, 0.1) is 6.92 Å². The summed E-state index contributed by atoms with van der Waals surface area (Å²) in [7, 11) is -1.36. The van der Waals surface area contributed by atoms with Gasteiger partial charge in [-0.05, 0) is 49.4 Å². The molecule has 0 radical (unpaired) electrons. The molecule has 1 aromatic carbocycles. The number of rotatable bonds is 7. The smallest absolute Gasteiger partial charge is 0.433 e. The molecule has 5 nitrogen and oxygen atoms in total. The Morgan fingerprint density at radius 2 is 1.68 bits per heavy atom. The normalized spacial score (nSPS) is 12.4. The Kier molecular flexibility index (Phi) is 6.56. The first-order valence-electron chi connectivity index (χ1n) is 9.93. The van der Waals surface area contributed by atoms with Crippen LogP contribution in [-0.4, -0.2) is 34.3 Å². The molecule has 0 aliphatic rings. The minimum atomic E-state index is -4.54. The van der Waals surface area contributed by atoms with Gasteiger partial charge in [0.25, 0.3) is 0 Å². The molecule has 0 atom stereocenters. The van der Waals surface area contributed by atoms with Crippen molar-refractivity contribution in [1.82, 2.24) is 14.5 Å². The van der Waals surface area contributed by atoms with Crippen LogP contribution in [0.15, 0.2) is 42.6 Å². The lowest BCUT2D eigenvalue weighted by Crippen LogP contribution is -2.23. The first-order chi connectivity index (χ1) is 14.5. The fourth-order valence-corrected chi connectivity index (χ4v) is 3.90. The number of phenols is 1. The second-order valence-electron chi connectivity index (χ2n) is 8.62. The van der Waals surface area contributed by atoms with Crippen molar-refractivity contribution in [3.63, 3.8) is 0 Å². The molecule has 0 spiro atoms. The lowest BCUT2D eigenvalue weighted by atomic mass is 10.1. The molecule has 0 bridgehead atoms. The molecule has 0 aliphatic heterocycles. The van der Waals surface area contributed by atoms with E-state index in [0.717, 1.165) is 16.2 Å². The minimum Gasteiger partial charge on any atom is -0.508 e. The standard InChI is InChI=1S/C22H26F3N3O2Si/c1-15-20(22(23,24)25)28(14-30-11-12-31(2,3)4)21(27-15)17-7-10-19(26-13-17)16-5-8-18(29)9-6-16/h5-10,13,29H,11-12,14H2,1-4H3. The number of nitrogens with zero attached hydrogens (tertiary/aromatic N) is 3. The van der Waals surface area contributed by atoms with E-state index in [2.05, 4.69) is 29.6 Å². The van der Waals surface area contributed by atoms with Gasteiger partial charge in [-0.2, -0.15) is 13.2 Å². The van der Waals surface area contributed by atoms with E-state index in [0.29, 0.717) is 17.9 Å². The molecule has 0 aliphatic carbocycles. The Balaban J connectivity index is 1.91. The number of ether oxygens (including phenoxy) is 1. The van der Waals surface area contributed by atoms with Gasteiger partial charge in [-0.1, -0.05) is 19.6 Å². The Bertz CT molecular complexity index is 1020. The van der Waals surface area contributed by atoms with Crippen LogP contribution in [-0.2, 0) is 17.6 Å². The van der Waals surface area contributed by atoms with E-state index < -0.39 is 19.9 Å². The van der Waals surface area contributed by atoms with Gasteiger partial charge in [-0.3, -0.25) is 9.55 Å². The third kappa shape index (κ3) is 5.74. The highest BCUT2D eigenvalue weighted by Crippen LogP contribution is 2.35. The molecule has 2 heterocycles. The average molecular weight is 450 g/mol. The van der Waals surface area contributed by atoms with Gasteiger partial charge in [0.1, 0.15) is 24.0 Å². The molecule has 9 heteroatoms. The number of imidazole rings is 1. The van der Waals surface area contributed by atoms with Crippen molar-refractivity contribution in [2.24, 2.45) is 0 Å². The summed E-state index contributed by atoms with van der Waals surface area (Å²) in [5, 5.41) is 9.42. The van der Waals surface area contributed by atoms with E-state index in [1.807, 2.05) is 0 Å². The fraction of sp³-hybridized carbons (Fsp3) is 0.364. The summed E-state index contributed by atoms with van der Waals surface area (Å²) in [6.45, 7) is 8.09. The molecule has 0 fully saturated rings. The van der Waals surface area contributed by atoms with E-state index in [4.69, 9.17) is 4.74 Å². The van der Waals surface area contributed by atoms with Crippen molar-refractivity contribution in [3.05, 3.63) is 54.0 Å². The third-order valence-electron chi connectivity index (χ3n) is 4.81. The summed E-state index contributed by atoms with van der Waals surface area (Å²) in [5.41, 5.74) is 0.988. The van der Waals surface area contributed by atoms with Gasteiger partial charge in [-0.15, -0.1) is 0 Å². The van der Waals surface area contributed by atoms with Gasteiger partial charge < -0.3 is 9.84 Å². The lowest BCUT2D eigenvalue weighted by molar-refractivity contribution is -0.146. The second-order valence-corrected chi connectivity index (χ2v) is 14.2. The van der Waals surface area contributed by atoms with Gasteiger partial charge in [-0.25, -0.2) is 4.98 Å². The van der Waals surface area contributed by atoms with Gasteiger partial charge >= 0.3 is 6.18 Å². The molecule has 31 heavy (non-hydrogen) atoms. The van der Waals surface area contributed by atoms with E-state index >= 15 is 0 Å². The Morgan fingerprint density at radius 1 is 1.03 bits per heavy atom. The minimum absolute atomic E-state index is 0.0982. The summed E-state index contributed by atoms with van der Waals surface area (Å²) in [5.74, 6) is 0.314. The fourth-order valence-electron chi connectivity index (χ4n) is 3.14. The molecule has 3 aromatic rings. The molecule has 0 amide bonds. The highest BCUT2D eigenvalue weighted by molar-refractivity contribution is 6.76. The number of phenolic OH excluding ortho intramolecular Hbond substituents is 1. The Labute approximate surface area is 180 Å². The molecule has 0 saturated heterocycles. The van der Waals surface area contributed by atoms with Crippen LogP contribution >= 0.6 is 0 Å². The highest BCUT2D eigenvalue weighted by Gasteiger charge is 2.38.